The molecular weight excluding hydrogens is 425 g/mol. The second kappa shape index (κ2) is 9.77. The first-order valence-electron chi connectivity index (χ1n) is 10.1. The van der Waals surface area contributed by atoms with Crippen molar-refractivity contribution in [3.63, 3.8) is 0 Å². The Balaban J connectivity index is 1.57. The minimum absolute atomic E-state index is 0.0408. The molecule has 3 rings (SSSR count). The lowest BCUT2D eigenvalue weighted by Crippen LogP contribution is -2.37. The van der Waals surface area contributed by atoms with E-state index >= 15 is 0 Å². The topological polar surface area (TPSA) is 49.4 Å². The van der Waals surface area contributed by atoms with Crippen molar-refractivity contribution in [1.82, 2.24) is 4.90 Å². The van der Waals surface area contributed by atoms with E-state index < -0.39 is 17.8 Å². The van der Waals surface area contributed by atoms with Gasteiger partial charge in [0.05, 0.1) is 23.1 Å². The molecule has 1 aliphatic carbocycles. The number of hydrogen-bond acceptors (Lipinski definition) is 3. The fraction of sp³-hybridized carbons (Fsp3) is 0.391. The summed E-state index contributed by atoms with van der Waals surface area (Å²) in [5.41, 5.74) is 1.52. The zero-order valence-corrected chi connectivity index (χ0v) is 18.2. The fourth-order valence-corrected chi connectivity index (χ4v) is 4.05. The maximum absolute atomic E-state index is 13.1. The van der Waals surface area contributed by atoms with Crippen LogP contribution in [0.4, 0.5) is 18.9 Å². The first kappa shape index (κ1) is 23.2. The van der Waals surface area contributed by atoms with Gasteiger partial charge in [0.1, 0.15) is 0 Å². The van der Waals surface area contributed by atoms with Crippen LogP contribution >= 0.6 is 11.8 Å². The van der Waals surface area contributed by atoms with Gasteiger partial charge in [-0.2, -0.15) is 13.2 Å². The Kier molecular flexibility index (Phi) is 7.30. The van der Waals surface area contributed by atoms with Crippen LogP contribution in [-0.4, -0.2) is 34.3 Å². The first-order valence-corrected chi connectivity index (χ1v) is 11.2. The van der Waals surface area contributed by atoms with Gasteiger partial charge < -0.3 is 10.2 Å². The Hall–Kier alpha value is -2.48. The summed E-state index contributed by atoms with van der Waals surface area (Å²) in [4.78, 5) is 26.6. The van der Waals surface area contributed by atoms with Gasteiger partial charge in [-0.05, 0) is 56.5 Å². The van der Waals surface area contributed by atoms with Crippen molar-refractivity contribution in [2.45, 2.75) is 44.9 Å². The summed E-state index contributed by atoms with van der Waals surface area (Å²) < 4.78 is 39.2. The number of amides is 2. The largest absolute Gasteiger partial charge is 0.416 e. The molecule has 1 N–H and O–H groups in total. The average molecular weight is 451 g/mol. The van der Waals surface area contributed by atoms with Gasteiger partial charge in [-0.15, -0.1) is 11.8 Å². The van der Waals surface area contributed by atoms with Crippen LogP contribution in [0, 0.1) is 6.92 Å². The molecule has 2 aromatic rings. The molecule has 8 heteroatoms. The molecule has 1 saturated carbocycles. The van der Waals surface area contributed by atoms with Crippen molar-refractivity contribution in [2.24, 2.45) is 0 Å². The molecule has 31 heavy (non-hydrogen) atoms. The standard InChI is InChI=1S/C23H25F3N2O2S/c1-15-6-8-19(9-7-15)27-21(29)13-31-14-22(30)28(20-10-11-20)16(2)17-4-3-5-18(12-17)23(24,25)26/h3-9,12,16,20H,10-11,13-14H2,1-2H3,(H,27,29). The van der Waals surface area contributed by atoms with Gasteiger partial charge in [0.15, 0.2) is 0 Å². The number of nitrogens with zero attached hydrogens (tertiary/aromatic N) is 1. The molecular formula is C23H25F3N2O2S. The third-order valence-electron chi connectivity index (χ3n) is 5.14. The maximum atomic E-state index is 13.1. The van der Waals surface area contributed by atoms with E-state index in [1.54, 1.807) is 17.9 Å². The number of nitrogens with one attached hydrogen (secondary N) is 1. The minimum atomic E-state index is -4.43. The molecule has 2 aromatic carbocycles. The van der Waals surface area contributed by atoms with Gasteiger partial charge in [-0.3, -0.25) is 9.59 Å². The highest BCUT2D eigenvalue weighted by molar-refractivity contribution is 8.00. The van der Waals surface area contributed by atoms with Crippen LogP contribution in [0.5, 0.6) is 0 Å². The van der Waals surface area contributed by atoms with Gasteiger partial charge in [0.25, 0.3) is 0 Å². The van der Waals surface area contributed by atoms with Crippen LogP contribution in [0.1, 0.15) is 42.5 Å². The number of anilines is 1. The fourth-order valence-electron chi connectivity index (χ4n) is 3.36. The summed E-state index contributed by atoms with van der Waals surface area (Å²) in [6, 6.07) is 12.1. The Labute approximate surface area is 184 Å². The molecule has 1 aliphatic rings. The molecule has 2 amide bonds. The van der Waals surface area contributed by atoms with Gasteiger partial charge in [0, 0.05) is 11.7 Å². The van der Waals surface area contributed by atoms with Gasteiger partial charge >= 0.3 is 6.18 Å². The van der Waals surface area contributed by atoms with E-state index in [0.29, 0.717) is 11.3 Å². The highest BCUT2D eigenvalue weighted by Gasteiger charge is 2.37. The number of halogens is 3. The Morgan fingerprint density at radius 1 is 1.13 bits per heavy atom. The zero-order chi connectivity index (χ0) is 22.6. The molecule has 1 fully saturated rings. The van der Waals surface area contributed by atoms with E-state index in [-0.39, 0.29) is 29.4 Å². The van der Waals surface area contributed by atoms with E-state index in [1.807, 2.05) is 31.2 Å². The second-order valence-corrected chi connectivity index (χ2v) is 8.72. The Morgan fingerprint density at radius 2 is 1.81 bits per heavy atom. The van der Waals surface area contributed by atoms with E-state index in [1.165, 1.54) is 17.8 Å². The monoisotopic (exact) mass is 450 g/mol. The van der Waals surface area contributed by atoms with Crippen LogP contribution < -0.4 is 5.32 Å². The first-order chi connectivity index (χ1) is 14.6. The molecule has 0 aliphatic heterocycles. The van der Waals surface area contributed by atoms with Crippen LogP contribution in [0.25, 0.3) is 0 Å². The normalized spacial score (nSPS) is 14.7. The predicted molar refractivity (Wildman–Crippen MR) is 117 cm³/mol. The van der Waals surface area contributed by atoms with Crippen LogP contribution in [0.2, 0.25) is 0 Å². The Morgan fingerprint density at radius 3 is 2.42 bits per heavy atom. The number of hydrogen-bond donors (Lipinski definition) is 1. The SMILES string of the molecule is Cc1ccc(NC(=O)CSCC(=O)N(C2CC2)C(C)c2cccc(C(F)(F)F)c2)cc1. The van der Waals surface area contributed by atoms with Gasteiger partial charge in [-0.25, -0.2) is 0 Å². The number of thioether (sulfide) groups is 1. The second-order valence-electron chi connectivity index (χ2n) is 7.74. The average Bonchev–Trinajstić information content (AvgIpc) is 3.54. The summed E-state index contributed by atoms with van der Waals surface area (Å²) in [6.45, 7) is 3.71. The van der Waals surface area contributed by atoms with E-state index in [2.05, 4.69) is 5.32 Å². The molecule has 166 valence electrons. The summed E-state index contributed by atoms with van der Waals surface area (Å²) in [5, 5.41) is 2.78. The van der Waals surface area contributed by atoms with Gasteiger partial charge in [0.2, 0.25) is 11.8 Å². The number of benzene rings is 2. The lowest BCUT2D eigenvalue weighted by molar-refractivity contribution is -0.137. The number of carbonyl (C=O) groups excluding carboxylic acids is 2. The predicted octanol–water partition coefficient (Wildman–Crippen LogP) is 5.44. The number of alkyl halides is 3. The van der Waals surface area contributed by atoms with Crippen molar-refractivity contribution in [1.29, 1.82) is 0 Å². The van der Waals surface area contributed by atoms with Crippen LogP contribution in [-0.2, 0) is 15.8 Å². The van der Waals surface area contributed by atoms with Crippen LogP contribution in [0.3, 0.4) is 0 Å². The molecule has 0 aromatic heterocycles. The van der Waals surface area contributed by atoms with Crippen molar-refractivity contribution in [3.05, 3.63) is 65.2 Å². The maximum Gasteiger partial charge on any atom is 0.416 e. The lowest BCUT2D eigenvalue weighted by atomic mass is 10.0. The minimum Gasteiger partial charge on any atom is -0.332 e. The highest BCUT2D eigenvalue weighted by atomic mass is 32.2. The molecule has 0 bridgehead atoms. The smallest absolute Gasteiger partial charge is 0.332 e. The summed E-state index contributed by atoms with van der Waals surface area (Å²) >= 11 is 1.20. The van der Waals surface area contributed by atoms with Crippen LogP contribution in [0.15, 0.2) is 48.5 Å². The van der Waals surface area contributed by atoms with Crippen molar-refractivity contribution in [2.75, 3.05) is 16.8 Å². The molecule has 1 atom stereocenters. The quantitative estimate of drug-likeness (QED) is 0.583. The number of rotatable bonds is 8. The lowest BCUT2D eigenvalue weighted by Gasteiger charge is -2.30. The number of carbonyl (C=O) groups is 2. The zero-order valence-electron chi connectivity index (χ0n) is 17.4. The molecule has 0 radical (unpaired) electrons. The van der Waals surface area contributed by atoms with E-state index in [9.17, 15) is 22.8 Å². The van der Waals surface area contributed by atoms with Crippen molar-refractivity contribution >= 4 is 29.3 Å². The summed E-state index contributed by atoms with van der Waals surface area (Å²) in [6.07, 6.45) is -2.74. The highest BCUT2D eigenvalue weighted by Crippen LogP contribution is 2.37. The third-order valence-corrected chi connectivity index (χ3v) is 6.05. The third kappa shape index (κ3) is 6.50. The van der Waals surface area contributed by atoms with Gasteiger partial charge in [-0.1, -0.05) is 29.8 Å². The number of aryl methyl sites for hydroxylation is 1. The van der Waals surface area contributed by atoms with Crippen molar-refractivity contribution in [3.8, 4) is 0 Å². The summed E-state index contributed by atoms with van der Waals surface area (Å²) in [5.74, 6) is -0.150. The molecule has 1 unspecified atom stereocenters. The molecule has 4 nitrogen and oxygen atoms in total. The summed E-state index contributed by atoms with van der Waals surface area (Å²) in [7, 11) is 0. The molecule has 0 saturated heterocycles. The van der Waals surface area contributed by atoms with Crippen molar-refractivity contribution < 1.29 is 22.8 Å². The molecule has 0 spiro atoms. The van der Waals surface area contributed by atoms with E-state index in [4.69, 9.17) is 0 Å². The van der Waals surface area contributed by atoms with E-state index in [0.717, 1.165) is 30.5 Å². The Bertz CT molecular complexity index is 927. The molecule has 0 heterocycles.